The molecule has 11 heavy (non-hydrogen) atoms. The molecule has 0 bridgehead atoms. The molecule has 0 saturated heterocycles. The molecule has 0 spiro atoms. The van der Waals surface area contributed by atoms with Crippen LogP contribution in [0.2, 0.25) is 0 Å². The lowest BCUT2D eigenvalue weighted by atomic mass is 10.3. The summed E-state index contributed by atoms with van der Waals surface area (Å²) in [5.74, 6) is -0.545. The summed E-state index contributed by atoms with van der Waals surface area (Å²) in [6.45, 7) is 0. The quantitative estimate of drug-likeness (QED) is 0.588. The fourth-order valence-corrected chi connectivity index (χ4v) is 1.71. The van der Waals surface area contributed by atoms with Crippen molar-refractivity contribution in [2.75, 3.05) is 7.11 Å². The van der Waals surface area contributed by atoms with Gasteiger partial charge in [-0.15, -0.1) is 11.6 Å². The molecule has 0 aliphatic rings. The molecule has 0 aromatic rings. The molecule has 0 aromatic heterocycles. The number of esters is 1. The Hall–Kier alpha value is 0.820. The molecular formula is C5H6BrCl3O2. The summed E-state index contributed by atoms with van der Waals surface area (Å²) >= 11 is 19.5. The minimum atomic E-state index is -1.17. The van der Waals surface area contributed by atoms with Crippen LogP contribution in [0.1, 0.15) is 6.42 Å². The van der Waals surface area contributed by atoms with Gasteiger partial charge in [0.15, 0.2) is 3.24 Å². The minimum Gasteiger partial charge on any atom is -0.468 e. The van der Waals surface area contributed by atoms with Crippen molar-refractivity contribution in [3.63, 3.8) is 0 Å². The molecule has 2 nitrogen and oxygen atoms in total. The average molecular weight is 284 g/mol. The fraction of sp³-hybridized carbons (Fsp3) is 0.800. The first-order chi connectivity index (χ1) is 4.87. The maximum atomic E-state index is 10.7. The molecule has 0 heterocycles. The largest absolute Gasteiger partial charge is 0.468 e. The average Bonchev–Trinajstić information content (AvgIpc) is 1.82. The second-order valence-corrected chi connectivity index (χ2v) is 6.09. The Morgan fingerprint density at radius 2 is 2.18 bits per heavy atom. The van der Waals surface area contributed by atoms with E-state index in [9.17, 15) is 4.79 Å². The van der Waals surface area contributed by atoms with E-state index in [4.69, 9.17) is 34.8 Å². The van der Waals surface area contributed by atoms with Crippen molar-refractivity contribution in [2.45, 2.75) is 15.0 Å². The maximum absolute atomic E-state index is 10.7. The molecular weight excluding hydrogens is 278 g/mol. The van der Waals surface area contributed by atoms with Gasteiger partial charge < -0.3 is 4.74 Å². The summed E-state index contributed by atoms with van der Waals surface area (Å²) in [4.78, 5) is 10.7. The van der Waals surface area contributed by atoms with Gasteiger partial charge in [-0.05, 0) is 15.9 Å². The van der Waals surface area contributed by atoms with Gasteiger partial charge in [-0.25, -0.2) is 0 Å². The molecule has 0 aromatic carbocycles. The number of methoxy groups -OCH3 is 1. The van der Waals surface area contributed by atoms with E-state index in [1.54, 1.807) is 0 Å². The Labute approximate surface area is 88.3 Å². The van der Waals surface area contributed by atoms with Gasteiger partial charge in [0.05, 0.1) is 7.11 Å². The van der Waals surface area contributed by atoms with Gasteiger partial charge in [0.1, 0.15) is 5.38 Å². The molecule has 0 amide bonds. The van der Waals surface area contributed by atoms with Gasteiger partial charge in [0, 0.05) is 6.42 Å². The topological polar surface area (TPSA) is 26.3 Å². The zero-order valence-corrected chi connectivity index (χ0v) is 9.47. The third-order valence-electron chi connectivity index (χ3n) is 0.868. The normalized spacial score (nSPS) is 14.3. The van der Waals surface area contributed by atoms with Crippen molar-refractivity contribution in [2.24, 2.45) is 0 Å². The van der Waals surface area contributed by atoms with Crippen LogP contribution in [-0.4, -0.2) is 21.7 Å². The van der Waals surface area contributed by atoms with Crippen LogP contribution in [0.25, 0.3) is 0 Å². The van der Waals surface area contributed by atoms with E-state index < -0.39 is 14.6 Å². The lowest BCUT2D eigenvalue weighted by molar-refractivity contribution is -0.140. The van der Waals surface area contributed by atoms with E-state index in [1.165, 1.54) is 7.11 Å². The zero-order valence-electron chi connectivity index (χ0n) is 5.61. The molecule has 6 heteroatoms. The molecule has 0 N–H and O–H groups in total. The first-order valence-electron chi connectivity index (χ1n) is 2.65. The Morgan fingerprint density at radius 3 is 2.45 bits per heavy atom. The maximum Gasteiger partial charge on any atom is 0.323 e. The Morgan fingerprint density at radius 1 is 1.73 bits per heavy atom. The number of hydrogen-bond donors (Lipinski definition) is 0. The number of rotatable bonds is 3. The van der Waals surface area contributed by atoms with Gasteiger partial charge >= 0.3 is 5.97 Å². The summed E-state index contributed by atoms with van der Waals surface area (Å²) in [7, 11) is 1.25. The molecule has 66 valence electrons. The van der Waals surface area contributed by atoms with Crippen LogP contribution >= 0.6 is 50.7 Å². The van der Waals surface area contributed by atoms with Crippen LogP contribution in [0.3, 0.4) is 0 Å². The Kier molecular flexibility index (Phi) is 5.10. The van der Waals surface area contributed by atoms with E-state index in [0.717, 1.165) is 0 Å². The number of halogens is 4. The van der Waals surface area contributed by atoms with Crippen molar-refractivity contribution in [3.05, 3.63) is 0 Å². The molecule has 0 saturated carbocycles. The second kappa shape index (κ2) is 4.75. The highest BCUT2D eigenvalue weighted by Gasteiger charge is 2.28. The molecule has 0 aliphatic carbocycles. The van der Waals surface area contributed by atoms with E-state index in [1.807, 2.05) is 0 Å². The second-order valence-electron chi connectivity index (χ2n) is 1.81. The minimum absolute atomic E-state index is 0.0876. The van der Waals surface area contributed by atoms with Gasteiger partial charge in [-0.1, -0.05) is 23.2 Å². The molecule has 1 unspecified atom stereocenters. The lowest BCUT2D eigenvalue weighted by Gasteiger charge is -2.13. The summed E-state index contributed by atoms with van der Waals surface area (Å²) in [6, 6.07) is 0. The van der Waals surface area contributed by atoms with Crippen molar-refractivity contribution in [1.29, 1.82) is 0 Å². The van der Waals surface area contributed by atoms with Crippen molar-refractivity contribution < 1.29 is 9.53 Å². The van der Waals surface area contributed by atoms with Gasteiger partial charge in [0.25, 0.3) is 0 Å². The summed E-state index contributed by atoms with van der Waals surface area (Å²) in [5, 5.41) is -0.825. The first kappa shape index (κ1) is 11.8. The van der Waals surface area contributed by atoms with Gasteiger partial charge in [0.2, 0.25) is 0 Å². The fourth-order valence-electron chi connectivity index (χ4n) is 0.414. The third kappa shape index (κ3) is 6.02. The molecule has 0 radical (unpaired) electrons. The summed E-state index contributed by atoms with van der Waals surface area (Å²) in [6.07, 6.45) is 0.0876. The summed E-state index contributed by atoms with van der Waals surface area (Å²) in [5.41, 5.74) is 0. The smallest absolute Gasteiger partial charge is 0.323 e. The molecule has 1 atom stereocenters. The van der Waals surface area contributed by atoms with Crippen molar-refractivity contribution >= 4 is 56.7 Å². The van der Waals surface area contributed by atoms with Crippen molar-refractivity contribution in [1.82, 2.24) is 0 Å². The Bertz CT molecular complexity index is 145. The number of carbonyl (C=O) groups excluding carboxylic acids is 1. The third-order valence-corrected chi connectivity index (χ3v) is 1.83. The lowest BCUT2D eigenvalue weighted by Crippen LogP contribution is -2.21. The Balaban J connectivity index is 3.87. The zero-order chi connectivity index (χ0) is 9.07. The first-order valence-corrected chi connectivity index (χ1v) is 4.64. The number of alkyl halides is 4. The number of hydrogen-bond acceptors (Lipinski definition) is 2. The van der Waals surface area contributed by atoms with E-state index in [0.29, 0.717) is 0 Å². The van der Waals surface area contributed by atoms with Crippen LogP contribution in [-0.2, 0) is 9.53 Å². The van der Waals surface area contributed by atoms with E-state index >= 15 is 0 Å². The van der Waals surface area contributed by atoms with Crippen molar-refractivity contribution in [3.8, 4) is 0 Å². The van der Waals surface area contributed by atoms with Crippen LogP contribution in [0.5, 0.6) is 0 Å². The number of ether oxygens (including phenoxy) is 1. The highest BCUT2D eigenvalue weighted by atomic mass is 79.9. The summed E-state index contributed by atoms with van der Waals surface area (Å²) < 4.78 is 3.18. The molecule has 0 aliphatic heterocycles. The predicted octanol–water partition coefficient (Wildman–Crippen LogP) is 2.68. The van der Waals surface area contributed by atoms with Crippen LogP contribution < -0.4 is 0 Å². The number of carbonyl (C=O) groups is 1. The molecule has 0 fully saturated rings. The standard InChI is InChI=1S/C5H6BrCl3O2/c1-11-4(10)3(7)2-5(6,8)9/h3H,2H2,1H3. The SMILES string of the molecule is COC(=O)C(Cl)CC(Cl)(Cl)Br. The van der Waals surface area contributed by atoms with E-state index in [2.05, 4.69) is 20.7 Å². The van der Waals surface area contributed by atoms with Crippen LogP contribution in [0.15, 0.2) is 0 Å². The highest BCUT2D eigenvalue weighted by Crippen LogP contribution is 2.35. The van der Waals surface area contributed by atoms with Crippen LogP contribution in [0, 0.1) is 0 Å². The predicted molar refractivity (Wildman–Crippen MR) is 49.6 cm³/mol. The highest BCUT2D eigenvalue weighted by molar-refractivity contribution is 9.11. The van der Waals surface area contributed by atoms with E-state index in [-0.39, 0.29) is 6.42 Å². The van der Waals surface area contributed by atoms with Gasteiger partial charge in [-0.3, -0.25) is 4.79 Å². The van der Waals surface area contributed by atoms with Crippen LogP contribution in [0.4, 0.5) is 0 Å². The molecule has 0 rings (SSSR count). The monoisotopic (exact) mass is 282 g/mol. The van der Waals surface area contributed by atoms with Gasteiger partial charge in [-0.2, -0.15) is 0 Å².